The van der Waals surface area contributed by atoms with Crippen LogP contribution in [-0.2, 0) is 84.4 Å². The second-order valence-corrected chi connectivity index (χ2v) is 48.7. The van der Waals surface area contributed by atoms with Crippen LogP contribution in [0.5, 0.6) is 0 Å². The molecule has 1 aliphatic heterocycles. The van der Waals surface area contributed by atoms with Gasteiger partial charge in [-0.3, -0.25) is 9.59 Å². The largest absolute Gasteiger partial charge is 0.297 e. The topological polar surface area (TPSA) is 84.6 Å². The lowest BCUT2D eigenvalue weighted by Gasteiger charge is -2.35. The van der Waals surface area contributed by atoms with E-state index in [-0.39, 0.29) is 0 Å². The first kappa shape index (κ1) is 103. The Hall–Kier alpha value is -10.8. The zero-order valence-corrected chi connectivity index (χ0v) is 93.5. The number of rotatable bonds is 52. The summed E-state index contributed by atoms with van der Waals surface area (Å²) in [4.78, 5) is 36.1. The minimum atomic E-state index is -0.825. The average molecular weight is 2060 g/mol. The van der Waals surface area contributed by atoms with Gasteiger partial charge in [0.15, 0.2) is 12.6 Å². The van der Waals surface area contributed by atoms with E-state index < -0.39 is 21.7 Å². The van der Waals surface area contributed by atoms with E-state index in [1.807, 2.05) is 22.7 Å². The van der Waals surface area contributed by atoms with Crippen LogP contribution in [0.2, 0.25) is 0 Å². The van der Waals surface area contributed by atoms with Crippen LogP contribution in [0.4, 0.5) is 11.4 Å². The molecule has 0 atom stereocenters. The SMILES string of the molecule is CCCCCCc1ccc(C2(c3ccc(CCCCCC)cc3)c3cc4c(cc3-c3sc(C=O)cc32)C(c2ccc(CCCCCC)cc2)(c2ccc(CCCCCC)cc2)c2cc(-c3c5c(c(-c6cc7c(s6)-c6cc8c(cc6C7(c6ccc(CCCCCC)cc6)c6ccc(CCCCCC)cc6)-c6sc(C=O)cc6C8(c6ccc(CCCCCC)cc6)c6ccc(CCCCCC)cc6)c6nsnc36)N=S=N5)sc2-4)cc1. The van der Waals surface area contributed by atoms with Crippen molar-refractivity contribution in [2.75, 3.05) is 0 Å². The number of thiophene rings is 4. The Morgan fingerprint density at radius 1 is 0.223 bits per heavy atom. The van der Waals surface area contributed by atoms with E-state index in [4.69, 9.17) is 17.5 Å². The van der Waals surface area contributed by atoms with Gasteiger partial charge in [-0.15, -0.1) is 45.3 Å². The molecule has 0 amide bonds. The summed E-state index contributed by atoms with van der Waals surface area (Å²) in [7, 11) is 0. The van der Waals surface area contributed by atoms with Gasteiger partial charge in [0.2, 0.25) is 0 Å². The van der Waals surface area contributed by atoms with Gasteiger partial charge < -0.3 is 0 Å². The van der Waals surface area contributed by atoms with Gasteiger partial charge in [-0.1, -0.05) is 404 Å². The summed E-state index contributed by atoms with van der Waals surface area (Å²) in [5.74, 6) is 0. The molecule has 0 N–H and O–H groups in total. The Morgan fingerprint density at radius 3 is 0.615 bits per heavy atom. The highest BCUT2D eigenvalue weighted by atomic mass is 32.1. The van der Waals surface area contributed by atoms with Crippen molar-refractivity contribution in [2.24, 2.45) is 8.73 Å². The second kappa shape index (κ2) is 46.6. The normalized spacial score (nSPS) is 14.1. The lowest BCUT2D eigenvalue weighted by atomic mass is 9.65. The molecule has 758 valence electrons. The molecule has 0 fully saturated rings. The number of unbranched alkanes of at least 4 members (excludes halogenated alkanes) is 24. The van der Waals surface area contributed by atoms with Crippen LogP contribution in [0, 0.1) is 0 Å². The van der Waals surface area contributed by atoms with Crippen LogP contribution >= 0.6 is 57.1 Å². The lowest BCUT2D eigenvalue weighted by Crippen LogP contribution is -2.30. The van der Waals surface area contributed by atoms with Crippen molar-refractivity contribution >= 4 is 103 Å². The molecule has 11 aromatic carbocycles. The molecule has 0 saturated carbocycles. The van der Waals surface area contributed by atoms with Gasteiger partial charge in [-0.25, -0.2) is 0 Å². The average Bonchev–Trinajstić information content (AvgIpc) is 1.50. The van der Waals surface area contributed by atoms with E-state index in [1.165, 1.54) is 352 Å². The molecule has 4 aliphatic carbocycles. The number of aromatic nitrogens is 2. The Bertz CT molecular complexity index is 6780. The third kappa shape index (κ3) is 19.1. The van der Waals surface area contributed by atoms with Crippen LogP contribution < -0.4 is 0 Å². The zero-order valence-electron chi connectivity index (χ0n) is 88.6. The standard InChI is InChI=1S/C136H146N4O2S6/c1-9-17-25-33-41-91-49-65-99(66-50-91)133(100-67-51-92(52-68-100)42-34-26-18-10-2)113-85-111-115(83-109(113)129-117(133)81-107(89-141)143-129)135(103-73-57-95(58-74-103)45-37-29-21-13-5,104-75-59-96(60-76-104)46-38-30-22-14-6)119-87-121(145-131(111)119)123-125-127(139-147-137-125)124(128-126(123)138-148-140-128)122-88-120-132(146-122)112-86-114-110(84-116(112)136(120,105-77-61-97(62-78-105)47-39-31-23-15-7)106-79-63-98(64-80-106)48-40-32-24-16-8)130-118(82-108(90-142)144-130)134(114,101-69-53-93(54-70-101)43-35-27-19-11-3)102-71-55-94(56-72-102)44-36-28-20-12-4/h49-90H,9-48H2,1-8H3. The highest BCUT2D eigenvalue weighted by Gasteiger charge is 2.57. The van der Waals surface area contributed by atoms with Crippen LogP contribution in [0.1, 0.15) is 414 Å². The fourth-order valence-corrected chi connectivity index (χ4v) is 31.8. The number of hydrogen-bond acceptors (Lipinski definition) is 11. The molecular formula is C136H146N4O2S6. The molecule has 0 radical (unpaired) electrons. The van der Waals surface area contributed by atoms with Crippen molar-refractivity contribution in [3.8, 4) is 62.6 Å². The smallest absolute Gasteiger partial charge is 0.160 e. The first-order chi connectivity index (χ1) is 72.9. The fraction of sp³-hybridized carbons (Fsp3) is 0.382. The third-order valence-electron chi connectivity index (χ3n) is 33.8. The summed E-state index contributed by atoms with van der Waals surface area (Å²) in [5, 5.41) is 0. The number of benzene rings is 11. The van der Waals surface area contributed by atoms with Crippen LogP contribution in [0.15, 0.2) is 251 Å². The summed E-state index contributed by atoms with van der Waals surface area (Å²) in [6, 6.07) is 98.7. The number of carbonyl (C=O) groups is 2. The Kier molecular flexibility index (Phi) is 32.4. The van der Waals surface area contributed by atoms with Crippen molar-refractivity contribution in [1.82, 2.24) is 8.75 Å². The predicted molar refractivity (Wildman–Crippen MR) is 634 cm³/mol. The maximum absolute atomic E-state index is 13.8. The quantitative estimate of drug-likeness (QED) is 0.0281. The number of hydrogen-bond donors (Lipinski definition) is 0. The van der Waals surface area contributed by atoms with Gasteiger partial charge in [-0.2, -0.15) is 17.5 Å². The Morgan fingerprint density at radius 2 is 0.419 bits per heavy atom. The minimum Gasteiger partial charge on any atom is -0.297 e. The number of nitrogens with zero attached hydrogens (tertiary/aromatic N) is 4. The predicted octanol–water partition coefficient (Wildman–Crippen LogP) is 40.1. The van der Waals surface area contributed by atoms with Gasteiger partial charge in [0.25, 0.3) is 0 Å². The van der Waals surface area contributed by atoms with E-state index in [0.29, 0.717) is 0 Å². The molecule has 5 aliphatic rings. The van der Waals surface area contributed by atoms with Gasteiger partial charge in [0, 0.05) is 40.4 Å². The summed E-state index contributed by atoms with van der Waals surface area (Å²) in [6.45, 7) is 18.4. The first-order valence-corrected chi connectivity index (χ1v) is 61.7. The molecule has 5 aromatic heterocycles. The molecular weight excluding hydrogens is 1910 g/mol. The fourth-order valence-electron chi connectivity index (χ4n) is 25.9. The second-order valence-electron chi connectivity index (χ2n) is 43.3. The molecule has 0 spiro atoms. The number of fused-ring (bicyclic) bond motifs is 14. The molecule has 148 heavy (non-hydrogen) atoms. The van der Waals surface area contributed by atoms with Gasteiger partial charge in [0.05, 0.1) is 54.5 Å². The molecule has 6 nitrogen and oxygen atoms in total. The van der Waals surface area contributed by atoms with Crippen molar-refractivity contribution in [2.45, 2.75) is 334 Å². The highest BCUT2D eigenvalue weighted by Crippen LogP contribution is 2.70. The Balaban J connectivity index is 0.796. The van der Waals surface area contributed by atoms with Crippen molar-refractivity contribution in [1.29, 1.82) is 0 Å². The van der Waals surface area contributed by atoms with Crippen LogP contribution in [0.3, 0.4) is 0 Å². The van der Waals surface area contributed by atoms with E-state index in [0.717, 1.165) is 168 Å². The van der Waals surface area contributed by atoms with Crippen molar-refractivity contribution < 1.29 is 9.59 Å². The van der Waals surface area contributed by atoms with E-state index in [1.54, 1.807) is 22.7 Å². The molecule has 0 saturated heterocycles. The molecule has 12 heteroatoms. The van der Waals surface area contributed by atoms with E-state index >= 15 is 0 Å². The first-order valence-electron chi connectivity index (χ1n) is 57.0. The van der Waals surface area contributed by atoms with E-state index in [9.17, 15) is 9.59 Å². The number of aryl methyl sites for hydroxylation is 8. The molecule has 0 unspecified atom stereocenters. The monoisotopic (exact) mass is 2060 g/mol. The summed E-state index contributed by atoms with van der Waals surface area (Å²) >= 11 is 9.71. The molecule has 6 heterocycles. The van der Waals surface area contributed by atoms with Crippen LogP contribution in [-0.4, -0.2) is 21.3 Å². The van der Waals surface area contributed by atoms with Crippen molar-refractivity contribution in [3.05, 3.63) is 386 Å². The molecule has 0 bridgehead atoms. The molecule has 21 rings (SSSR count). The Labute approximate surface area is 905 Å². The van der Waals surface area contributed by atoms with Crippen LogP contribution in [0.25, 0.3) is 73.7 Å². The number of carbonyl (C=O) groups excluding carboxylic acids is 2. The summed E-state index contributed by atoms with van der Waals surface area (Å²) in [6.07, 6.45) is 49.0. The summed E-state index contributed by atoms with van der Waals surface area (Å²) in [5.41, 5.74) is 37.5. The lowest BCUT2D eigenvalue weighted by molar-refractivity contribution is 0.111. The van der Waals surface area contributed by atoms with E-state index in [2.05, 4.69) is 298 Å². The highest BCUT2D eigenvalue weighted by molar-refractivity contribution is 7.58. The molecule has 16 aromatic rings. The number of aldehydes is 2. The summed E-state index contributed by atoms with van der Waals surface area (Å²) < 4.78 is 22.6. The minimum absolute atomic E-state index is 0.745. The van der Waals surface area contributed by atoms with Gasteiger partial charge in [0.1, 0.15) is 22.4 Å². The van der Waals surface area contributed by atoms with Crippen molar-refractivity contribution in [3.63, 3.8) is 0 Å². The zero-order chi connectivity index (χ0) is 101. The third-order valence-corrected chi connectivity index (χ3v) is 39.4. The van der Waals surface area contributed by atoms with Gasteiger partial charge >= 0.3 is 0 Å². The van der Waals surface area contributed by atoms with Gasteiger partial charge in [-0.05, 0) is 307 Å². The maximum atomic E-state index is 13.8. The maximum Gasteiger partial charge on any atom is 0.160 e.